The first-order chi connectivity index (χ1) is 8.97. The van der Waals surface area contributed by atoms with Crippen molar-refractivity contribution in [1.82, 2.24) is 4.98 Å². The van der Waals surface area contributed by atoms with Gasteiger partial charge in [-0.05, 0) is 24.0 Å². The van der Waals surface area contributed by atoms with Crippen molar-refractivity contribution in [2.24, 2.45) is 0 Å². The Morgan fingerprint density at radius 1 is 1.32 bits per heavy atom. The van der Waals surface area contributed by atoms with Gasteiger partial charge in [-0.3, -0.25) is 0 Å². The van der Waals surface area contributed by atoms with Crippen LogP contribution in [0.1, 0.15) is 51.3 Å². The minimum Gasteiger partial charge on any atom is -0.476 e. The van der Waals surface area contributed by atoms with E-state index in [0.717, 1.165) is 15.4 Å². The summed E-state index contributed by atoms with van der Waals surface area (Å²) in [4.78, 5) is 15.9. The number of carbonyl (C=O) groups is 1. The van der Waals surface area contributed by atoms with E-state index < -0.39 is 5.97 Å². The summed E-state index contributed by atoms with van der Waals surface area (Å²) < 4.78 is 0. The zero-order valence-electron chi connectivity index (χ0n) is 11.3. The Bertz CT molecular complexity index is 585. The zero-order chi connectivity index (χ0) is 14.0. The van der Waals surface area contributed by atoms with E-state index in [2.05, 4.69) is 43.1 Å². The van der Waals surface area contributed by atoms with Crippen LogP contribution in [0.25, 0.3) is 0 Å². The molecule has 1 aromatic heterocycles. The van der Waals surface area contributed by atoms with Crippen molar-refractivity contribution in [3.05, 3.63) is 51.0 Å². The van der Waals surface area contributed by atoms with E-state index in [4.69, 9.17) is 5.11 Å². The van der Waals surface area contributed by atoms with E-state index in [1.807, 2.05) is 0 Å². The van der Waals surface area contributed by atoms with Crippen LogP contribution in [0.2, 0.25) is 0 Å². The molecule has 0 saturated carbocycles. The summed E-state index contributed by atoms with van der Waals surface area (Å²) in [7, 11) is 0. The first-order valence-corrected chi connectivity index (χ1v) is 7.07. The molecule has 0 aliphatic heterocycles. The summed E-state index contributed by atoms with van der Waals surface area (Å²) in [6.07, 6.45) is 0.692. The smallest absolute Gasteiger partial charge is 0.355 e. The molecule has 0 aliphatic carbocycles. The maximum absolute atomic E-state index is 11.0. The number of aromatic nitrogens is 1. The Morgan fingerprint density at radius 2 is 1.95 bits per heavy atom. The van der Waals surface area contributed by atoms with Gasteiger partial charge >= 0.3 is 5.97 Å². The maximum atomic E-state index is 11.0. The van der Waals surface area contributed by atoms with Crippen molar-refractivity contribution < 1.29 is 9.90 Å². The number of carboxylic acids is 1. The highest BCUT2D eigenvalue weighted by atomic mass is 32.1. The second-order valence-electron chi connectivity index (χ2n) is 4.89. The van der Waals surface area contributed by atoms with Crippen LogP contribution in [0, 0.1) is 6.92 Å². The number of rotatable bonds is 4. The van der Waals surface area contributed by atoms with Gasteiger partial charge in [-0.25, -0.2) is 9.78 Å². The van der Waals surface area contributed by atoms with Gasteiger partial charge in [-0.1, -0.05) is 38.1 Å². The lowest BCUT2D eigenvalue weighted by Gasteiger charge is -2.05. The lowest BCUT2D eigenvalue weighted by molar-refractivity contribution is 0.0690. The molecule has 0 saturated heterocycles. The maximum Gasteiger partial charge on any atom is 0.355 e. The summed E-state index contributed by atoms with van der Waals surface area (Å²) in [6.45, 7) is 6.13. The van der Waals surface area contributed by atoms with Gasteiger partial charge in [0.2, 0.25) is 0 Å². The average Bonchev–Trinajstić information content (AvgIpc) is 2.71. The van der Waals surface area contributed by atoms with E-state index in [0.29, 0.717) is 12.3 Å². The van der Waals surface area contributed by atoms with Crippen molar-refractivity contribution in [2.75, 3.05) is 0 Å². The number of carboxylic acid groups (broad SMARTS) is 1. The molecule has 0 amide bonds. The van der Waals surface area contributed by atoms with Crippen LogP contribution in [0.5, 0.6) is 0 Å². The molecule has 2 aromatic rings. The van der Waals surface area contributed by atoms with Crippen LogP contribution >= 0.6 is 11.3 Å². The van der Waals surface area contributed by atoms with Crippen LogP contribution in [0.4, 0.5) is 0 Å². The number of benzene rings is 1. The van der Waals surface area contributed by atoms with E-state index >= 15 is 0 Å². The fourth-order valence-electron chi connectivity index (χ4n) is 1.92. The number of hydrogen-bond donors (Lipinski definition) is 1. The van der Waals surface area contributed by atoms with Gasteiger partial charge in [-0.15, -0.1) is 11.3 Å². The fraction of sp³-hybridized carbons (Fsp3) is 0.333. The second-order valence-corrected chi connectivity index (χ2v) is 6.18. The van der Waals surface area contributed by atoms with Gasteiger partial charge in [0.1, 0.15) is 0 Å². The van der Waals surface area contributed by atoms with Gasteiger partial charge < -0.3 is 5.11 Å². The molecule has 0 radical (unpaired) electrons. The molecule has 1 heterocycles. The first kappa shape index (κ1) is 13.7. The average molecular weight is 275 g/mol. The summed E-state index contributed by atoms with van der Waals surface area (Å²) in [5.74, 6) is -0.426. The molecule has 0 fully saturated rings. The van der Waals surface area contributed by atoms with E-state index in [1.54, 1.807) is 6.92 Å². The monoisotopic (exact) mass is 275 g/mol. The number of aryl methyl sites for hydroxylation is 1. The first-order valence-electron chi connectivity index (χ1n) is 6.26. The number of thiazole rings is 1. The third-order valence-corrected chi connectivity index (χ3v) is 4.02. The minimum atomic E-state index is -0.949. The van der Waals surface area contributed by atoms with Gasteiger partial charge in [-0.2, -0.15) is 0 Å². The number of nitrogens with zero attached hydrogens (tertiary/aromatic N) is 1. The summed E-state index contributed by atoms with van der Waals surface area (Å²) in [5, 5.41) is 9.84. The number of hydrogen-bond acceptors (Lipinski definition) is 3. The predicted molar refractivity (Wildman–Crippen MR) is 77.1 cm³/mol. The molecule has 19 heavy (non-hydrogen) atoms. The third-order valence-electron chi connectivity index (χ3n) is 3.05. The highest BCUT2D eigenvalue weighted by Gasteiger charge is 2.14. The normalized spacial score (nSPS) is 10.9. The van der Waals surface area contributed by atoms with Crippen LogP contribution in [0.3, 0.4) is 0 Å². The van der Waals surface area contributed by atoms with Crippen LogP contribution in [0.15, 0.2) is 24.3 Å². The fourth-order valence-corrected chi connectivity index (χ4v) is 2.88. The Morgan fingerprint density at radius 3 is 2.42 bits per heavy atom. The van der Waals surface area contributed by atoms with Crippen molar-refractivity contribution in [1.29, 1.82) is 0 Å². The van der Waals surface area contributed by atoms with Crippen LogP contribution < -0.4 is 0 Å². The molecule has 100 valence electrons. The molecule has 0 aliphatic rings. The number of aromatic carboxylic acids is 1. The molecule has 0 spiro atoms. The Hall–Kier alpha value is -1.68. The lowest BCUT2D eigenvalue weighted by Crippen LogP contribution is -1.99. The molecular formula is C15H17NO2S. The van der Waals surface area contributed by atoms with E-state index in [-0.39, 0.29) is 5.69 Å². The van der Waals surface area contributed by atoms with Crippen molar-refractivity contribution in [3.63, 3.8) is 0 Å². The molecule has 3 nitrogen and oxygen atoms in total. The van der Waals surface area contributed by atoms with Crippen molar-refractivity contribution in [2.45, 2.75) is 33.1 Å². The Labute approximate surface area is 116 Å². The summed E-state index contributed by atoms with van der Waals surface area (Å²) >= 11 is 1.46. The highest BCUT2D eigenvalue weighted by Crippen LogP contribution is 2.21. The largest absolute Gasteiger partial charge is 0.476 e. The molecule has 0 unspecified atom stereocenters. The van der Waals surface area contributed by atoms with Gasteiger partial charge in [0.25, 0.3) is 0 Å². The Balaban J connectivity index is 2.17. The third kappa shape index (κ3) is 3.20. The quantitative estimate of drug-likeness (QED) is 0.921. The van der Waals surface area contributed by atoms with Gasteiger partial charge in [0.15, 0.2) is 5.69 Å². The predicted octanol–water partition coefficient (Wildman–Crippen LogP) is 3.86. The van der Waals surface area contributed by atoms with Crippen molar-refractivity contribution in [3.8, 4) is 0 Å². The second kappa shape index (κ2) is 5.53. The van der Waals surface area contributed by atoms with E-state index in [9.17, 15) is 4.79 Å². The molecule has 2 rings (SSSR count). The SMILES string of the molecule is Cc1sc(Cc2ccc(C(C)C)cc2)nc1C(=O)O. The van der Waals surface area contributed by atoms with Crippen LogP contribution in [-0.2, 0) is 6.42 Å². The lowest BCUT2D eigenvalue weighted by atomic mass is 10.0. The Kier molecular flexibility index (Phi) is 4.00. The van der Waals surface area contributed by atoms with E-state index in [1.165, 1.54) is 16.9 Å². The van der Waals surface area contributed by atoms with Crippen LogP contribution in [-0.4, -0.2) is 16.1 Å². The standard InChI is InChI=1S/C15H17NO2S/c1-9(2)12-6-4-11(5-7-12)8-13-16-14(15(17)18)10(3)19-13/h4-7,9H,8H2,1-3H3,(H,17,18). The van der Waals surface area contributed by atoms with Crippen molar-refractivity contribution >= 4 is 17.3 Å². The zero-order valence-corrected chi connectivity index (χ0v) is 12.1. The minimum absolute atomic E-state index is 0.179. The topological polar surface area (TPSA) is 50.2 Å². The molecular weight excluding hydrogens is 258 g/mol. The molecule has 4 heteroatoms. The van der Waals surface area contributed by atoms with Gasteiger partial charge in [0.05, 0.1) is 5.01 Å². The molecule has 0 bridgehead atoms. The molecule has 0 atom stereocenters. The summed E-state index contributed by atoms with van der Waals surface area (Å²) in [5.41, 5.74) is 2.65. The molecule has 1 N–H and O–H groups in total. The molecule has 1 aromatic carbocycles. The van der Waals surface area contributed by atoms with Gasteiger partial charge in [0, 0.05) is 11.3 Å². The highest BCUT2D eigenvalue weighted by molar-refractivity contribution is 7.11. The summed E-state index contributed by atoms with van der Waals surface area (Å²) in [6, 6.07) is 8.43.